The predicted octanol–water partition coefficient (Wildman–Crippen LogP) is 4.66. The van der Waals surface area contributed by atoms with Crippen LogP contribution in [0.4, 0.5) is 0 Å². The summed E-state index contributed by atoms with van der Waals surface area (Å²) in [6.45, 7) is 3.77. The summed E-state index contributed by atoms with van der Waals surface area (Å²) in [5.41, 5.74) is 1.61. The zero-order valence-electron chi connectivity index (χ0n) is 20.4. The van der Waals surface area contributed by atoms with E-state index in [1.54, 1.807) is 12.1 Å². The zero-order valence-corrected chi connectivity index (χ0v) is 20.4. The van der Waals surface area contributed by atoms with E-state index in [0.29, 0.717) is 24.2 Å². The Balaban J connectivity index is 1.22. The van der Waals surface area contributed by atoms with E-state index < -0.39 is 5.54 Å². The van der Waals surface area contributed by atoms with Crippen molar-refractivity contribution in [1.29, 1.82) is 0 Å². The summed E-state index contributed by atoms with van der Waals surface area (Å²) < 4.78 is 11.0. The maximum Gasteiger partial charge on any atom is 0.231 e. The van der Waals surface area contributed by atoms with Gasteiger partial charge in [0.05, 0.1) is 0 Å². The summed E-state index contributed by atoms with van der Waals surface area (Å²) in [6.07, 6.45) is 0. The van der Waals surface area contributed by atoms with Crippen molar-refractivity contribution < 1.29 is 19.1 Å². The second kappa shape index (κ2) is 8.54. The SMILES string of the molecule is O=C1c2ccccc2C(=O)C1(c1ccc2ccccc2c1)N1CCN(Cc2ccc3c(c2)OCO3)CC1. The number of rotatable bonds is 4. The van der Waals surface area contributed by atoms with Crippen LogP contribution in [0.3, 0.4) is 0 Å². The highest BCUT2D eigenvalue weighted by Gasteiger charge is 2.58. The van der Waals surface area contributed by atoms with Gasteiger partial charge >= 0.3 is 0 Å². The minimum atomic E-state index is -1.33. The first-order chi connectivity index (χ1) is 18.1. The number of carbonyl (C=O) groups excluding carboxylic acids is 2. The summed E-state index contributed by atoms with van der Waals surface area (Å²) in [6, 6.07) is 27.4. The van der Waals surface area contributed by atoms with Crippen LogP contribution in [-0.2, 0) is 12.1 Å². The van der Waals surface area contributed by atoms with E-state index in [1.165, 1.54) is 0 Å². The van der Waals surface area contributed by atoms with Gasteiger partial charge in [0.15, 0.2) is 28.6 Å². The van der Waals surface area contributed by atoms with Crippen LogP contribution in [0.15, 0.2) is 84.9 Å². The summed E-state index contributed by atoms with van der Waals surface area (Å²) in [5.74, 6) is 1.33. The van der Waals surface area contributed by atoms with Gasteiger partial charge in [0.2, 0.25) is 6.79 Å². The topological polar surface area (TPSA) is 59.1 Å². The molecule has 6 nitrogen and oxygen atoms in total. The molecular formula is C31H26N2O4. The smallest absolute Gasteiger partial charge is 0.231 e. The molecule has 3 aliphatic rings. The molecule has 0 N–H and O–H groups in total. The molecule has 37 heavy (non-hydrogen) atoms. The van der Waals surface area contributed by atoms with Gasteiger partial charge in [0.1, 0.15) is 0 Å². The average Bonchev–Trinajstić information content (AvgIpc) is 3.50. The average molecular weight is 491 g/mol. The first kappa shape index (κ1) is 22.2. The molecule has 0 spiro atoms. The van der Waals surface area contributed by atoms with Gasteiger partial charge in [-0.05, 0) is 40.1 Å². The highest BCUT2D eigenvalue weighted by molar-refractivity contribution is 6.33. The lowest BCUT2D eigenvalue weighted by Crippen LogP contribution is -2.60. The quantitative estimate of drug-likeness (QED) is 0.388. The molecule has 1 saturated heterocycles. The van der Waals surface area contributed by atoms with Crippen molar-refractivity contribution in [1.82, 2.24) is 9.80 Å². The number of ether oxygens (including phenoxy) is 2. The van der Waals surface area contributed by atoms with E-state index in [-0.39, 0.29) is 18.4 Å². The summed E-state index contributed by atoms with van der Waals surface area (Å²) in [7, 11) is 0. The zero-order chi connectivity index (χ0) is 25.0. The van der Waals surface area contributed by atoms with Crippen LogP contribution < -0.4 is 9.47 Å². The van der Waals surface area contributed by atoms with Gasteiger partial charge in [-0.25, -0.2) is 0 Å². The fraction of sp³-hybridized carbons (Fsp3) is 0.226. The Morgan fingerprint density at radius 3 is 2.11 bits per heavy atom. The van der Waals surface area contributed by atoms with Gasteiger partial charge in [-0.15, -0.1) is 0 Å². The van der Waals surface area contributed by atoms with E-state index >= 15 is 0 Å². The van der Waals surface area contributed by atoms with Crippen molar-refractivity contribution >= 4 is 22.3 Å². The van der Waals surface area contributed by atoms with E-state index in [0.717, 1.165) is 53.0 Å². The van der Waals surface area contributed by atoms with Gasteiger partial charge < -0.3 is 9.47 Å². The maximum absolute atomic E-state index is 14.1. The molecule has 2 heterocycles. The van der Waals surface area contributed by atoms with Gasteiger partial charge in [0, 0.05) is 43.9 Å². The minimum absolute atomic E-state index is 0.118. The standard InChI is InChI=1S/C31H26N2O4/c34-29-25-7-3-4-8-26(25)30(35)31(29,24-11-10-22-5-1-2-6-23(22)18-24)33-15-13-32(14-16-33)19-21-9-12-27-28(17-21)37-20-36-27/h1-12,17-18H,13-16,19-20H2. The van der Waals surface area contributed by atoms with Crippen molar-refractivity contribution in [3.05, 3.63) is 107 Å². The lowest BCUT2D eigenvalue weighted by molar-refractivity contribution is 0.0279. The highest BCUT2D eigenvalue weighted by Crippen LogP contribution is 2.44. The Labute approximate surface area is 215 Å². The maximum atomic E-state index is 14.1. The molecule has 1 fully saturated rings. The largest absolute Gasteiger partial charge is 0.454 e. The van der Waals surface area contributed by atoms with Crippen LogP contribution >= 0.6 is 0 Å². The fourth-order valence-electron chi connectivity index (χ4n) is 6.06. The van der Waals surface area contributed by atoms with Gasteiger partial charge in [-0.1, -0.05) is 66.7 Å². The number of Topliss-reactive ketones (excluding diaryl/α,β-unsaturated/α-hetero) is 2. The van der Waals surface area contributed by atoms with Crippen LogP contribution in [-0.4, -0.2) is 54.3 Å². The van der Waals surface area contributed by atoms with Crippen molar-refractivity contribution in [3.8, 4) is 11.5 Å². The molecule has 0 atom stereocenters. The normalized spacial score (nSPS) is 18.9. The second-order valence-corrected chi connectivity index (χ2v) is 9.93. The monoisotopic (exact) mass is 490 g/mol. The van der Waals surface area contributed by atoms with E-state index in [4.69, 9.17) is 9.47 Å². The number of hydrogen-bond acceptors (Lipinski definition) is 6. The molecular weight excluding hydrogens is 464 g/mol. The molecule has 0 amide bonds. The number of piperazine rings is 1. The molecule has 2 aliphatic heterocycles. The lowest BCUT2D eigenvalue weighted by atomic mass is 9.81. The number of hydrogen-bond donors (Lipinski definition) is 0. The van der Waals surface area contributed by atoms with Crippen LogP contribution in [0, 0.1) is 0 Å². The summed E-state index contributed by atoms with van der Waals surface area (Å²) >= 11 is 0. The molecule has 6 heteroatoms. The van der Waals surface area contributed by atoms with Gasteiger partial charge in [-0.2, -0.15) is 0 Å². The Hall–Kier alpha value is -4.00. The third-order valence-corrected chi connectivity index (χ3v) is 7.93. The number of fused-ring (bicyclic) bond motifs is 3. The minimum Gasteiger partial charge on any atom is -0.454 e. The highest BCUT2D eigenvalue weighted by atomic mass is 16.7. The van der Waals surface area contributed by atoms with Crippen molar-refractivity contribution in [3.63, 3.8) is 0 Å². The summed E-state index contributed by atoms with van der Waals surface area (Å²) in [5, 5.41) is 2.11. The second-order valence-electron chi connectivity index (χ2n) is 9.93. The van der Waals surface area contributed by atoms with Crippen LogP contribution in [0.1, 0.15) is 31.8 Å². The third kappa shape index (κ3) is 3.40. The lowest BCUT2D eigenvalue weighted by Gasteiger charge is -2.44. The molecule has 4 aromatic rings. The molecule has 0 bridgehead atoms. The predicted molar refractivity (Wildman–Crippen MR) is 140 cm³/mol. The molecule has 1 aliphatic carbocycles. The third-order valence-electron chi connectivity index (χ3n) is 7.93. The molecule has 7 rings (SSSR count). The van der Waals surface area contributed by atoms with Crippen LogP contribution in [0.2, 0.25) is 0 Å². The van der Waals surface area contributed by atoms with Crippen molar-refractivity contribution in [2.24, 2.45) is 0 Å². The Kier molecular flexibility index (Phi) is 5.13. The Morgan fingerprint density at radius 1 is 0.676 bits per heavy atom. The fourth-order valence-corrected chi connectivity index (χ4v) is 6.06. The van der Waals surface area contributed by atoms with Gasteiger partial charge in [0.25, 0.3) is 0 Å². The number of carbonyl (C=O) groups is 2. The van der Waals surface area contributed by atoms with Crippen LogP contribution in [0.5, 0.6) is 11.5 Å². The number of benzene rings is 4. The molecule has 0 aromatic heterocycles. The van der Waals surface area contributed by atoms with Gasteiger partial charge in [-0.3, -0.25) is 19.4 Å². The number of ketones is 2. The molecule has 0 radical (unpaired) electrons. The van der Waals surface area contributed by atoms with E-state index in [9.17, 15) is 9.59 Å². The Morgan fingerprint density at radius 2 is 1.35 bits per heavy atom. The van der Waals surface area contributed by atoms with Crippen molar-refractivity contribution in [2.75, 3.05) is 33.0 Å². The molecule has 184 valence electrons. The molecule has 4 aromatic carbocycles. The first-order valence-electron chi connectivity index (χ1n) is 12.7. The molecule has 0 saturated carbocycles. The van der Waals surface area contributed by atoms with E-state index in [1.807, 2.05) is 66.7 Å². The Bertz CT molecular complexity index is 1520. The van der Waals surface area contributed by atoms with Crippen molar-refractivity contribution in [2.45, 2.75) is 12.1 Å². The number of nitrogens with zero attached hydrogens (tertiary/aromatic N) is 2. The van der Waals surface area contributed by atoms with Crippen LogP contribution in [0.25, 0.3) is 10.8 Å². The first-order valence-corrected chi connectivity index (χ1v) is 12.7. The summed E-state index contributed by atoms with van der Waals surface area (Å²) in [4.78, 5) is 32.8. The van der Waals surface area contributed by atoms with E-state index in [2.05, 4.69) is 15.9 Å². The molecule has 0 unspecified atom stereocenters.